The summed E-state index contributed by atoms with van der Waals surface area (Å²) in [6.07, 6.45) is -0.153. The Kier molecular flexibility index (Phi) is 3.79. The SMILES string of the molecule is O=C(O)CCn1nnnc1Cc1cccc(F)c1F. The lowest BCUT2D eigenvalue weighted by atomic mass is 10.1. The minimum atomic E-state index is -0.988. The van der Waals surface area contributed by atoms with Crippen molar-refractivity contribution in [2.75, 3.05) is 0 Å². The van der Waals surface area contributed by atoms with Crippen LogP contribution in [0.1, 0.15) is 17.8 Å². The number of nitrogens with zero attached hydrogens (tertiary/aromatic N) is 4. The molecule has 1 aromatic carbocycles. The van der Waals surface area contributed by atoms with Gasteiger partial charge in [-0.25, -0.2) is 13.5 Å². The van der Waals surface area contributed by atoms with Gasteiger partial charge in [-0.1, -0.05) is 12.1 Å². The van der Waals surface area contributed by atoms with Crippen LogP contribution in [0, 0.1) is 11.6 Å². The first-order chi connectivity index (χ1) is 9.08. The van der Waals surface area contributed by atoms with Gasteiger partial charge in [-0.15, -0.1) is 5.10 Å². The lowest BCUT2D eigenvalue weighted by Gasteiger charge is -2.04. The molecule has 1 aromatic heterocycles. The highest BCUT2D eigenvalue weighted by Crippen LogP contribution is 2.14. The van der Waals surface area contributed by atoms with Crippen molar-refractivity contribution in [3.05, 3.63) is 41.2 Å². The first kappa shape index (κ1) is 13.1. The van der Waals surface area contributed by atoms with Gasteiger partial charge in [-0.05, 0) is 22.1 Å². The summed E-state index contributed by atoms with van der Waals surface area (Å²) >= 11 is 0. The van der Waals surface area contributed by atoms with Gasteiger partial charge in [-0.3, -0.25) is 4.79 Å². The summed E-state index contributed by atoms with van der Waals surface area (Å²) in [5.74, 6) is -2.60. The van der Waals surface area contributed by atoms with Crippen LogP contribution in [0.5, 0.6) is 0 Å². The third kappa shape index (κ3) is 3.09. The van der Waals surface area contributed by atoms with Crippen LogP contribution in [0.25, 0.3) is 0 Å². The second-order valence-electron chi connectivity index (χ2n) is 3.85. The van der Waals surface area contributed by atoms with E-state index in [1.54, 1.807) is 0 Å². The fourth-order valence-electron chi connectivity index (χ4n) is 1.58. The molecule has 0 aliphatic carbocycles. The molecule has 8 heteroatoms. The largest absolute Gasteiger partial charge is 0.481 e. The van der Waals surface area contributed by atoms with E-state index in [1.807, 2.05) is 0 Å². The van der Waals surface area contributed by atoms with Crippen molar-refractivity contribution < 1.29 is 18.7 Å². The summed E-state index contributed by atoms with van der Waals surface area (Å²) < 4.78 is 27.8. The molecule has 19 heavy (non-hydrogen) atoms. The van der Waals surface area contributed by atoms with Gasteiger partial charge in [0.05, 0.1) is 13.0 Å². The highest BCUT2D eigenvalue weighted by molar-refractivity contribution is 5.66. The monoisotopic (exact) mass is 268 g/mol. The van der Waals surface area contributed by atoms with Crippen LogP contribution in [0.4, 0.5) is 8.78 Å². The number of carbonyl (C=O) groups is 1. The molecular formula is C11H10F2N4O2. The second-order valence-corrected chi connectivity index (χ2v) is 3.85. The Labute approximate surface area is 106 Å². The smallest absolute Gasteiger partial charge is 0.305 e. The van der Waals surface area contributed by atoms with E-state index in [1.165, 1.54) is 16.8 Å². The van der Waals surface area contributed by atoms with Crippen molar-refractivity contribution in [3.63, 3.8) is 0 Å². The molecular weight excluding hydrogens is 258 g/mol. The van der Waals surface area contributed by atoms with Crippen LogP contribution >= 0.6 is 0 Å². The first-order valence-electron chi connectivity index (χ1n) is 5.47. The van der Waals surface area contributed by atoms with Crippen LogP contribution in [0.15, 0.2) is 18.2 Å². The predicted molar refractivity (Wildman–Crippen MR) is 59.2 cm³/mol. The number of tetrazole rings is 1. The number of benzene rings is 1. The van der Waals surface area contributed by atoms with Crippen molar-refractivity contribution in [1.82, 2.24) is 20.2 Å². The Bertz CT molecular complexity index is 600. The van der Waals surface area contributed by atoms with Crippen LogP contribution in [-0.4, -0.2) is 31.3 Å². The van der Waals surface area contributed by atoms with E-state index in [9.17, 15) is 13.6 Å². The van der Waals surface area contributed by atoms with Crippen molar-refractivity contribution >= 4 is 5.97 Å². The molecule has 0 bridgehead atoms. The topological polar surface area (TPSA) is 80.9 Å². The van der Waals surface area contributed by atoms with Crippen LogP contribution < -0.4 is 0 Å². The van der Waals surface area contributed by atoms with E-state index in [0.717, 1.165) is 6.07 Å². The maximum absolute atomic E-state index is 13.5. The first-order valence-corrected chi connectivity index (χ1v) is 5.47. The highest BCUT2D eigenvalue weighted by atomic mass is 19.2. The molecule has 0 saturated heterocycles. The predicted octanol–water partition coefficient (Wildman–Crippen LogP) is 1.02. The maximum atomic E-state index is 13.5. The van der Waals surface area contributed by atoms with Gasteiger partial charge in [0.1, 0.15) is 0 Å². The average Bonchev–Trinajstić information content (AvgIpc) is 2.80. The van der Waals surface area contributed by atoms with E-state index in [2.05, 4.69) is 15.5 Å². The minimum absolute atomic E-state index is 0.00376. The highest BCUT2D eigenvalue weighted by Gasteiger charge is 2.13. The molecule has 0 unspecified atom stereocenters. The zero-order chi connectivity index (χ0) is 13.8. The second kappa shape index (κ2) is 5.51. The molecule has 0 aliphatic rings. The molecule has 100 valence electrons. The summed E-state index contributed by atoms with van der Waals surface area (Å²) in [5.41, 5.74) is 0.117. The Balaban J connectivity index is 2.17. The van der Waals surface area contributed by atoms with Gasteiger partial charge in [0.2, 0.25) is 0 Å². The Morgan fingerprint density at radius 2 is 2.16 bits per heavy atom. The van der Waals surface area contributed by atoms with Crippen LogP contribution in [0.2, 0.25) is 0 Å². The van der Waals surface area contributed by atoms with Gasteiger partial charge >= 0.3 is 5.97 Å². The molecule has 6 nitrogen and oxygen atoms in total. The zero-order valence-electron chi connectivity index (χ0n) is 9.75. The number of hydrogen-bond donors (Lipinski definition) is 1. The normalized spacial score (nSPS) is 10.6. The minimum Gasteiger partial charge on any atom is -0.481 e. The lowest BCUT2D eigenvalue weighted by Crippen LogP contribution is -2.11. The standard InChI is InChI=1S/C11H10F2N4O2/c12-8-3-1-2-7(11(8)13)6-9-14-15-16-17(9)5-4-10(18)19/h1-3H,4-6H2,(H,18,19). The molecule has 0 atom stereocenters. The number of halogens is 2. The van der Waals surface area contributed by atoms with Crippen molar-refractivity contribution in [2.45, 2.75) is 19.4 Å². The molecule has 2 rings (SSSR count). The maximum Gasteiger partial charge on any atom is 0.305 e. The molecule has 0 radical (unpaired) electrons. The van der Waals surface area contributed by atoms with E-state index in [4.69, 9.17) is 5.11 Å². The van der Waals surface area contributed by atoms with Gasteiger partial charge in [0.25, 0.3) is 0 Å². The lowest BCUT2D eigenvalue weighted by molar-refractivity contribution is -0.137. The number of aliphatic carboxylic acids is 1. The Hall–Kier alpha value is -2.38. The molecule has 1 heterocycles. The number of carboxylic acids is 1. The van der Waals surface area contributed by atoms with Crippen LogP contribution in [-0.2, 0) is 17.8 Å². The fourth-order valence-corrected chi connectivity index (χ4v) is 1.58. The summed E-state index contributed by atoms with van der Waals surface area (Å²) in [4.78, 5) is 10.5. The van der Waals surface area contributed by atoms with E-state index >= 15 is 0 Å². The molecule has 0 saturated carbocycles. The van der Waals surface area contributed by atoms with Gasteiger partial charge in [-0.2, -0.15) is 0 Å². The number of hydrogen-bond acceptors (Lipinski definition) is 4. The van der Waals surface area contributed by atoms with Crippen molar-refractivity contribution in [3.8, 4) is 0 Å². The Morgan fingerprint density at radius 3 is 2.89 bits per heavy atom. The quantitative estimate of drug-likeness (QED) is 0.875. The van der Waals surface area contributed by atoms with E-state index in [-0.39, 0.29) is 30.8 Å². The van der Waals surface area contributed by atoms with Crippen LogP contribution in [0.3, 0.4) is 0 Å². The summed E-state index contributed by atoms with van der Waals surface area (Å²) in [5, 5.41) is 19.3. The van der Waals surface area contributed by atoms with Crippen molar-refractivity contribution in [1.29, 1.82) is 0 Å². The van der Waals surface area contributed by atoms with Crippen molar-refractivity contribution in [2.24, 2.45) is 0 Å². The number of aromatic nitrogens is 4. The summed E-state index contributed by atoms with van der Waals surface area (Å²) in [6, 6.07) is 3.83. The number of rotatable bonds is 5. The van der Waals surface area contributed by atoms with E-state index < -0.39 is 17.6 Å². The molecule has 2 aromatic rings. The summed E-state index contributed by atoms with van der Waals surface area (Å²) in [6.45, 7) is 0.0780. The number of aryl methyl sites for hydroxylation is 1. The van der Waals surface area contributed by atoms with Gasteiger partial charge in [0, 0.05) is 6.42 Å². The molecule has 0 amide bonds. The Morgan fingerprint density at radius 1 is 1.37 bits per heavy atom. The molecule has 0 aliphatic heterocycles. The third-order valence-electron chi connectivity index (χ3n) is 2.52. The third-order valence-corrected chi connectivity index (χ3v) is 2.52. The fraction of sp³-hybridized carbons (Fsp3) is 0.273. The summed E-state index contributed by atoms with van der Waals surface area (Å²) in [7, 11) is 0. The van der Waals surface area contributed by atoms with E-state index in [0.29, 0.717) is 0 Å². The van der Waals surface area contributed by atoms with Gasteiger partial charge in [0.15, 0.2) is 17.5 Å². The zero-order valence-corrected chi connectivity index (χ0v) is 9.75. The van der Waals surface area contributed by atoms with Gasteiger partial charge < -0.3 is 5.11 Å². The number of carboxylic acid groups (broad SMARTS) is 1. The molecule has 0 spiro atoms. The molecule has 0 fully saturated rings. The molecule has 1 N–H and O–H groups in total. The average molecular weight is 268 g/mol.